The van der Waals surface area contributed by atoms with Crippen molar-refractivity contribution in [1.82, 2.24) is 15.5 Å². The number of rotatable bonds is 5. The van der Waals surface area contributed by atoms with Crippen LogP contribution in [0.15, 0.2) is 89.3 Å². The van der Waals surface area contributed by atoms with E-state index in [-0.39, 0.29) is 5.91 Å². The van der Waals surface area contributed by atoms with Crippen molar-refractivity contribution in [3.05, 3.63) is 107 Å². The summed E-state index contributed by atoms with van der Waals surface area (Å²) in [6.45, 7) is 0. The van der Waals surface area contributed by atoms with E-state index >= 15 is 0 Å². The molecule has 0 bridgehead atoms. The van der Waals surface area contributed by atoms with E-state index in [0.29, 0.717) is 22.4 Å². The summed E-state index contributed by atoms with van der Waals surface area (Å²) in [4.78, 5) is 12.8. The minimum absolute atomic E-state index is 0.297. The number of hydrogen-bond acceptors (Lipinski definition) is 4. The van der Waals surface area contributed by atoms with Gasteiger partial charge in [-0.3, -0.25) is 4.79 Å². The first-order chi connectivity index (χ1) is 13.7. The summed E-state index contributed by atoms with van der Waals surface area (Å²) in [6, 6.07) is 25.2. The number of amides is 1. The summed E-state index contributed by atoms with van der Waals surface area (Å²) in [5, 5.41) is 11.6. The molecule has 0 aliphatic rings. The minimum atomic E-state index is -0.602. The molecule has 0 saturated carbocycles. The van der Waals surface area contributed by atoms with Gasteiger partial charge in [0.2, 0.25) is 11.8 Å². The standard InChI is InChI=1S/C22H16ClN3O2/c23-18-14-8-7-13-17(18)20(27)24-19(15-9-3-1-4-10-15)22-26-25-21(28-22)16-11-5-2-6-12-16/h1-14,19H,(H,24,27)/t19-/m0/s1. The number of aromatic nitrogens is 2. The Morgan fingerprint density at radius 3 is 2.21 bits per heavy atom. The fraction of sp³-hybridized carbons (Fsp3) is 0.0455. The van der Waals surface area contributed by atoms with Gasteiger partial charge in [-0.25, -0.2) is 0 Å². The second-order valence-corrected chi connectivity index (χ2v) is 6.52. The van der Waals surface area contributed by atoms with Gasteiger partial charge >= 0.3 is 0 Å². The van der Waals surface area contributed by atoms with Gasteiger partial charge in [-0.15, -0.1) is 10.2 Å². The van der Waals surface area contributed by atoms with Crippen LogP contribution in [0.2, 0.25) is 5.02 Å². The van der Waals surface area contributed by atoms with Crippen LogP contribution in [0, 0.1) is 0 Å². The predicted octanol–water partition coefficient (Wildman–Crippen LogP) is 4.91. The predicted molar refractivity (Wildman–Crippen MR) is 107 cm³/mol. The van der Waals surface area contributed by atoms with Crippen LogP contribution >= 0.6 is 11.6 Å². The molecule has 1 atom stereocenters. The summed E-state index contributed by atoms with van der Waals surface area (Å²) in [7, 11) is 0. The number of halogens is 1. The molecule has 0 saturated heterocycles. The SMILES string of the molecule is O=C(N[C@@H](c1ccccc1)c1nnc(-c2ccccc2)o1)c1ccccc1Cl. The van der Waals surface area contributed by atoms with E-state index in [1.54, 1.807) is 24.3 Å². The lowest BCUT2D eigenvalue weighted by Gasteiger charge is -2.16. The van der Waals surface area contributed by atoms with Gasteiger partial charge in [-0.05, 0) is 29.8 Å². The number of benzene rings is 3. The maximum absolute atomic E-state index is 12.8. The van der Waals surface area contributed by atoms with Gasteiger partial charge in [0.25, 0.3) is 5.91 Å². The average Bonchev–Trinajstić information content (AvgIpc) is 3.23. The molecule has 1 amide bonds. The lowest BCUT2D eigenvalue weighted by Crippen LogP contribution is -2.29. The number of nitrogens with one attached hydrogen (secondary N) is 1. The van der Waals surface area contributed by atoms with Crippen molar-refractivity contribution in [3.63, 3.8) is 0 Å². The number of hydrogen-bond donors (Lipinski definition) is 1. The van der Waals surface area contributed by atoms with Gasteiger partial charge in [-0.1, -0.05) is 72.3 Å². The maximum atomic E-state index is 12.8. The number of carbonyl (C=O) groups excluding carboxylic acids is 1. The molecule has 0 unspecified atom stereocenters. The first-order valence-electron chi connectivity index (χ1n) is 8.71. The Morgan fingerprint density at radius 1 is 0.857 bits per heavy atom. The Morgan fingerprint density at radius 2 is 1.50 bits per heavy atom. The maximum Gasteiger partial charge on any atom is 0.253 e. The highest BCUT2D eigenvalue weighted by Crippen LogP contribution is 2.26. The first kappa shape index (κ1) is 17.9. The zero-order valence-electron chi connectivity index (χ0n) is 14.7. The lowest BCUT2D eigenvalue weighted by molar-refractivity contribution is 0.0938. The van der Waals surface area contributed by atoms with Crippen molar-refractivity contribution >= 4 is 17.5 Å². The van der Waals surface area contributed by atoms with Crippen LogP contribution < -0.4 is 5.32 Å². The van der Waals surface area contributed by atoms with Crippen molar-refractivity contribution in [1.29, 1.82) is 0 Å². The van der Waals surface area contributed by atoms with Crippen LogP contribution in [0.25, 0.3) is 11.5 Å². The van der Waals surface area contributed by atoms with Gasteiger partial charge in [0.05, 0.1) is 10.6 Å². The molecule has 4 aromatic rings. The largest absolute Gasteiger partial charge is 0.418 e. The molecular weight excluding hydrogens is 374 g/mol. The summed E-state index contributed by atoms with van der Waals surface area (Å²) >= 11 is 6.17. The Labute approximate surface area is 167 Å². The van der Waals surface area contributed by atoms with E-state index < -0.39 is 6.04 Å². The first-order valence-corrected chi connectivity index (χ1v) is 9.09. The van der Waals surface area contributed by atoms with Gasteiger partial charge < -0.3 is 9.73 Å². The van der Waals surface area contributed by atoms with Crippen molar-refractivity contribution < 1.29 is 9.21 Å². The van der Waals surface area contributed by atoms with Gasteiger partial charge in [-0.2, -0.15) is 0 Å². The van der Waals surface area contributed by atoms with E-state index in [4.69, 9.17) is 16.0 Å². The molecule has 1 aromatic heterocycles. The molecule has 0 spiro atoms. The number of nitrogens with zero attached hydrogens (tertiary/aromatic N) is 2. The van der Waals surface area contributed by atoms with Crippen molar-refractivity contribution in [2.24, 2.45) is 0 Å². The molecular formula is C22H16ClN3O2. The van der Waals surface area contributed by atoms with Crippen molar-refractivity contribution in [3.8, 4) is 11.5 Å². The molecule has 138 valence electrons. The van der Waals surface area contributed by atoms with Gasteiger partial charge in [0.1, 0.15) is 6.04 Å². The second kappa shape index (κ2) is 8.06. The molecule has 28 heavy (non-hydrogen) atoms. The fourth-order valence-electron chi connectivity index (χ4n) is 2.84. The minimum Gasteiger partial charge on any atom is -0.418 e. The third-order valence-electron chi connectivity index (χ3n) is 4.24. The van der Waals surface area contributed by atoms with E-state index in [0.717, 1.165) is 11.1 Å². The van der Waals surface area contributed by atoms with Crippen LogP contribution in [0.1, 0.15) is 27.9 Å². The van der Waals surface area contributed by atoms with Crippen LogP contribution in [0.5, 0.6) is 0 Å². The third-order valence-corrected chi connectivity index (χ3v) is 4.56. The lowest BCUT2D eigenvalue weighted by atomic mass is 10.1. The molecule has 1 N–H and O–H groups in total. The zero-order valence-corrected chi connectivity index (χ0v) is 15.5. The summed E-state index contributed by atoms with van der Waals surface area (Å²) in [5.41, 5.74) is 2.02. The van der Waals surface area contributed by atoms with E-state index in [9.17, 15) is 4.79 Å². The third kappa shape index (κ3) is 3.80. The fourth-order valence-corrected chi connectivity index (χ4v) is 3.06. The molecule has 0 radical (unpaired) electrons. The quantitative estimate of drug-likeness (QED) is 0.526. The molecule has 1 heterocycles. The Balaban J connectivity index is 1.68. The Kier molecular flexibility index (Phi) is 5.17. The second-order valence-electron chi connectivity index (χ2n) is 6.11. The van der Waals surface area contributed by atoms with Crippen LogP contribution in [0.4, 0.5) is 0 Å². The normalized spacial score (nSPS) is 11.8. The van der Waals surface area contributed by atoms with Crippen LogP contribution in [-0.4, -0.2) is 16.1 Å². The van der Waals surface area contributed by atoms with E-state index in [1.165, 1.54) is 0 Å². The smallest absolute Gasteiger partial charge is 0.253 e. The summed E-state index contributed by atoms with van der Waals surface area (Å²) in [5.74, 6) is 0.368. The highest BCUT2D eigenvalue weighted by atomic mass is 35.5. The molecule has 3 aromatic carbocycles. The highest BCUT2D eigenvalue weighted by molar-refractivity contribution is 6.33. The summed E-state index contributed by atoms with van der Waals surface area (Å²) in [6.07, 6.45) is 0. The molecule has 4 rings (SSSR count). The Hall–Kier alpha value is -3.44. The molecule has 0 aliphatic carbocycles. The highest BCUT2D eigenvalue weighted by Gasteiger charge is 2.24. The monoisotopic (exact) mass is 389 g/mol. The molecule has 0 aliphatic heterocycles. The zero-order chi connectivity index (χ0) is 19.3. The van der Waals surface area contributed by atoms with Crippen molar-refractivity contribution in [2.75, 3.05) is 0 Å². The topological polar surface area (TPSA) is 68.0 Å². The average molecular weight is 390 g/mol. The van der Waals surface area contributed by atoms with Gasteiger partial charge in [0, 0.05) is 5.56 Å². The Bertz CT molecular complexity index is 1080. The van der Waals surface area contributed by atoms with Crippen molar-refractivity contribution in [2.45, 2.75) is 6.04 Å². The van der Waals surface area contributed by atoms with Crippen LogP contribution in [-0.2, 0) is 0 Å². The van der Waals surface area contributed by atoms with Crippen LogP contribution in [0.3, 0.4) is 0 Å². The summed E-state index contributed by atoms with van der Waals surface area (Å²) < 4.78 is 5.88. The van der Waals surface area contributed by atoms with E-state index in [1.807, 2.05) is 60.7 Å². The van der Waals surface area contributed by atoms with Gasteiger partial charge in [0.15, 0.2) is 0 Å². The molecule has 0 fully saturated rings. The molecule has 6 heteroatoms. The molecule has 5 nitrogen and oxygen atoms in total. The number of carbonyl (C=O) groups is 1. The van der Waals surface area contributed by atoms with E-state index in [2.05, 4.69) is 15.5 Å².